The Bertz CT molecular complexity index is 348. The molecule has 0 saturated heterocycles. The first-order chi connectivity index (χ1) is 9.78. The average Bonchev–Trinajstić information content (AvgIpc) is 2.41. The second-order valence-corrected chi connectivity index (χ2v) is 5.24. The smallest absolute Gasteiger partial charge is 0.411 e. The monoisotopic (exact) mass is 312 g/mol. The van der Waals surface area contributed by atoms with Gasteiger partial charge >= 0.3 is 6.18 Å². The third-order valence-corrected chi connectivity index (χ3v) is 3.21. The Morgan fingerprint density at radius 1 is 1.29 bits per heavy atom. The van der Waals surface area contributed by atoms with Crippen LogP contribution in [0, 0.1) is 5.92 Å². The van der Waals surface area contributed by atoms with Gasteiger partial charge in [-0.25, -0.2) is 4.99 Å². The van der Waals surface area contributed by atoms with Crippen molar-refractivity contribution in [3.63, 3.8) is 0 Å². The zero-order valence-corrected chi connectivity index (χ0v) is 12.7. The van der Waals surface area contributed by atoms with E-state index in [1.165, 1.54) is 14.2 Å². The molecule has 1 N–H and O–H groups in total. The summed E-state index contributed by atoms with van der Waals surface area (Å²) in [6, 6.07) is -0.416. The van der Waals surface area contributed by atoms with Crippen molar-refractivity contribution in [1.29, 1.82) is 0 Å². The predicted octanol–water partition coefficient (Wildman–Crippen LogP) is 1.97. The number of hydrogen-bond donors (Lipinski definition) is 1. The van der Waals surface area contributed by atoms with E-state index in [1.54, 1.807) is 0 Å². The molecule has 1 aliphatic heterocycles. The van der Waals surface area contributed by atoms with Gasteiger partial charge in [0.05, 0.1) is 19.2 Å². The summed E-state index contributed by atoms with van der Waals surface area (Å²) < 4.78 is 51.2. The lowest BCUT2D eigenvalue weighted by atomic mass is 10.00. The second-order valence-electron chi connectivity index (χ2n) is 5.24. The fourth-order valence-corrected chi connectivity index (χ4v) is 2.16. The molecule has 0 aliphatic carbocycles. The third-order valence-electron chi connectivity index (χ3n) is 3.21. The maximum atomic E-state index is 12.0. The molecule has 0 bridgehead atoms. The number of ether oxygens (including phenoxy) is 3. The minimum Gasteiger partial charge on any atom is -0.483 e. The first-order valence-corrected chi connectivity index (χ1v) is 6.83. The summed E-state index contributed by atoms with van der Waals surface area (Å²) in [5.41, 5.74) is 0. The van der Waals surface area contributed by atoms with Crippen LogP contribution in [-0.4, -0.2) is 57.8 Å². The van der Waals surface area contributed by atoms with Gasteiger partial charge in [-0.3, -0.25) is 5.32 Å². The maximum Gasteiger partial charge on any atom is 0.411 e. The van der Waals surface area contributed by atoms with E-state index in [4.69, 9.17) is 9.47 Å². The summed E-state index contributed by atoms with van der Waals surface area (Å²) in [5, 5.41) is 3.26. The molecule has 21 heavy (non-hydrogen) atoms. The molecule has 0 spiro atoms. The molecule has 3 atom stereocenters. The van der Waals surface area contributed by atoms with Gasteiger partial charge in [-0.2, -0.15) is 13.2 Å². The van der Waals surface area contributed by atoms with Crippen LogP contribution in [0.5, 0.6) is 0 Å². The van der Waals surface area contributed by atoms with E-state index >= 15 is 0 Å². The highest BCUT2D eigenvalue weighted by molar-refractivity contribution is 5.83. The van der Waals surface area contributed by atoms with E-state index in [0.29, 0.717) is 12.3 Å². The number of nitrogens with zero attached hydrogens (tertiary/aromatic N) is 1. The van der Waals surface area contributed by atoms with Gasteiger partial charge in [0, 0.05) is 13.7 Å². The number of nitrogens with one attached hydrogen (secondary N) is 1. The van der Waals surface area contributed by atoms with Crippen LogP contribution in [0.4, 0.5) is 13.2 Å². The number of alkyl halides is 3. The second kappa shape index (κ2) is 7.95. The van der Waals surface area contributed by atoms with E-state index < -0.39 is 12.8 Å². The van der Waals surface area contributed by atoms with Crippen molar-refractivity contribution in [2.45, 2.75) is 44.8 Å². The van der Waals surface area contributed by atoms with Crippen molar-refractivity contribution in [1.82, 2.24) is 5.32 Å². The summed E-state index contributed by atoms with van der Waals surface area (Å²) in [5.74, 6) is 0.794. The van der Waals surface area contributed by atoms with Crippen LogP contribution in [0.15, 0.2) is 4.99 Å². The van der Waals surface area contributed by atoms with Crippen LogP contribution in [0.1, 0.15) is 20.3 Å². The Balaban J connectivity index is 2.60. The van der Waals surface area contributed by atoms with Crippen LogP contribution < -0.4 is 5.32 Å². The van der Waals surface area contributed by atoms with Crippen LogP contribution in [0.25, 0.3) is 0 Å². The van der Waals surface area contributed by atoms with Gasteiger partial charge in [0.1, 0.15) is 12.8 Å². The first kappa shape index (κ1) is 18.2. The highest BCUT2D eigenvalue weighted by Crippen LogP contribution is 2.19. The molecule has 0 aromatic heterocycles. The van der Waals surface area contributed by atoms with Gasteiger partial charge in [0.2, 0.25) is 5.90 Å². The lowest BCUT2D eigenvalue weighted by molar-refractivity contribution is -0.174. The fraction of sp³-hybridized carbons (Fsp3) is 0.923. The van der Waals surface area contributed by atoms with Gasteiger partial charge < -0.3 is 14.2 Å². The van der Waals surface area contributed by atoms with Crippen molar-refractivity contribution in [2.75, 3.05) is 27.4 Å². The van der Waals surface area contributed by atoms with E-state index in [9.17, 15) is 13.2 Å². The molecule has 0 fully saturated rings. The summed E-state index contributed by atoms with van der Waals surface area (Å²) in [6.45, 7) is 2.75. The Kier molecular flexibility index (Phi) is 6.89. The van der Waals surface area contributed by atoms with Crippen molar-refractivity contribution < 1.29 is 27.4 Å². The molecule has 8 heteroatoms. The Hall–Kier alpha value is -0.860. The molecule has 0 aromatic rings. The van der Waals surface area contributed by atoms with Gasteiger partial charge in [-0.1, -0.05) is 13.8 Å². The van der Waals surface area contributed by atoms with E-state index in [0.717, 1.165) is 0 Å². The van der Waals surface area contributed by atoms with E-state index in [1.807, 2.05) is 13.8 Å². The van der Waals surface area contributed by atoms with Crippen molar-refractivity contribution >= 4 is 5.90 Å². The Morgan fingerprint density at radius 2 is 1.95 bits per heavy atom. The lowest BCUT2D eigenvalue weighted by Crippen LogP contribution is -2.56. The number of rotatable bonds is 6. The predicted molar refractivity (Wildman–Crippen MR) is 72.3 cm³/mol. The van der Waals surface area contributed by atoms with Crippen molar-refractivity contribution in [2.24, 2.45) is 10.9 Å². The molecule has 0 amide bonds. The lowest BCUT2D eigenvalue weighted by Gasteiger charge is -2.36. The van der Waals surface area contributed by atoms with Crippen LogP contribution in [0.3, 0.4) is 0 Å². The molecule has 0 saturated carbocycles. The van der Waals surface area contributed by atoms with E-state index in [2.05, 4.69) is 15.0 Å². The standard InChI is InChI=1S/C13H23F3N2O3/c1-8(2)10-12(20-4)17-9(11(18-10)19-3)5-6-21-7-13(14,15)16/h8-11,18H,5-7H2,1-4H3/t9?,10-,11?/m1/s1. The largest absolute Gasteiger partial charge is 0.483 e. The summed E-state index contributed by atoms with van der Waals surface area (Å²) in [4.78, 5) is 4.43. The number of hydrogen-bond acceptors (Lipinski definition) is 5. The molecular formula is C13H23F3N2O3. The molecular weight excluding hydrogens is 289 g/mol. The van der Waals surface area contributed by atoms with Crippen LogP contribution in [0.2, 0.25) is 0 Å². The molecule has 2 unspecified atom stereocenters. The first-order valence-electron chi connectivity index (χ1n) is 6.83. The third kappa shape index (κ3) is 5.80. The summed E-state index contributed by atoms with van der Waals surface area (Å²) >= 11 is 0. The minimum absolute atomic E-state index is 0.0431. The molecule has 1 rings (SSSR count). The quantitative estimate of drug-likeness (QED) is 0.762. The Labute approximate surface area is 122 Å². The summed E-state index contributed by atoms with van der Waals surface area (Å²) in [6.07, 6.45) is -4.36. The molecule has 0 radical (unpaired) electrons. The average molecular weight is 312 g/mol. The maximum absolute atomic E-state index is 12.0. The van der Waals surface area contributed by atoms with Gasteiger partial charge in [-0.15, -0.1) is 0 Å². The molecule has 0 aromatic carbocycles. The minimum atomic E-state index is -4.31. The van der Waals surface area contributed by atoms with E-state index in [-0.39, 0.29) is 30.8 Å². The number of halogens is 3. The zero-order chi connectivity index (χ0) is 16.0. The van der Waals surface area contributed by atoms with Gasteiger partial charge in [0.25, 0.3) is 0 Å². The normalized spacial score (nSPS) is 26.9. The van der Waals surface area contributed by atoms with Crippen LogP contribution >= 0.6 is 0 Å². The van der Waals surface area contributed by atoms with Gasteiger partial charge in [-0.05, 0) is 12.3 Å². The van der Waals surface area contributed by atoms with Crippen molar-refractivity contribution in [3.05, 3.63) is 0 Å². The van der Waals surface area contributed by atoms with Crippen molar-refractivity contribution in [3.8, 4) is 0 Å². The zero-order valence-electron chi connectivity index (χ0n) is 12.7. The topological polar surface area (TPSA) is 52.1 Å². The molecule has 1 heterocycles. The highest BCUT2D eigenvalue weighted by Gasteiger charge is 2.34. The van der Waals surface area contributed by atoms with Gasteiger partial charge in [0.15, 0.2) is 0 Å². The number of aliphatic imine (C=N–C) groups is 1. The Morgan fingerprint density at radius 3 is 2.43 bits per heavy atom. The highest BCUT2D eigenvalue weighted by atomic mass is 19.4. The fourth-order valence-electron chi connectivity index (χ4n) is 2.16. The summed E-state index contributed by atoms with van der Waals surface area (Å²) in [7, 11) is 3.06. The molecule has 124 valence electrons. The SMILES string of the molecule is COC1=NC(CCOCC(F)(F)F)C(OC)N[C@@H]1C(C)C. The molecule has 1 aliphatic rings. The molecule has 5 nitrogen and oxygen atoms in total. The number of methoxy groups -OCH3 is 2. The van der Waals surface area contributed by atoms with Crippen LogP contribution in [-0.2, 0) is 14.2 Å².